The average molecular weight is 145 g/mol. The summed E-state index contributed by atoms with van der Waals surface area (Å²) >= 11 is 0. The molecule has 0 saturated heterocycles. The van der Waals surface area contributed by atoms with E-state index in [0.29, 0.717) is 0 Å². The van der Waals surface area contributed by atoms with Crippen molar-refractivity contribution in [3.05, 3.63) is 0 Å². The maximum atomic E-state index is 11.0. The molecule has 0 unspecified atom stereocenters. The number of hydrogen-bond acceptors (Lipinski definition) is 3. The van der Waals surface area contributed by atoms with Gasteiger partial charge in [-0.25, -0.2) is 4.79 Å². The first-order valence-corrected chi connectivity index (χ1v) is 3.42. The summed E-state index contributed by atoms with van der Waals surface area (Å²) < 4.78 is 0. The molecule has 0 heterocycles. The summed E-state index contributed by atoms with van der Waals surface area (Å²) in [6.07, 6.45) is 0.785. The molecule has 0 aromatic carbocycles. The fourth-order valence-corrected chi connectivity index (χ4v) is 0.375. The lowest BCUT2D eigenvalue weighted by molar-refractivity contribution is -0.160. The molecule has 0 aliphatic heterocycles. The summed E-state index contributed by atoms with van der Waals surface area (Å²) in [5.74, 6) is -0.211. The van der Waals surface area contributed by atoms with Crippen LogP contribution in [0.1, 0.15) is 27.2 Å². The van der Waals surface area contributed by atoms with Crippen LogP contribution in [-0.4, -0.2) is 13.0 Å². The maximum absolute atomic E-state index is 11.0. The van der Waals surface area contributed by atoms with Gasteiger partial charge < -0.3 is 4.84 Å². The molecular formula is C7H15NO2. The van der Waals surface area contributed by atoms with Crippen LogP contribution in [0.3, 0.4) is 0 Å². The predicted octanol–water partition coefficient (Wildman–Crippen LogP) is 1.10. The molecule has 0 radical (unpaired) electrons. The van der Waals surface area contributed by atoms with Gasteiger partial charge in [-0.1, -0.05) is 6.92 Å². The fraction of sp³-hybridized carbons (Fsp3) is 0.857. The van der Waals surface area contributed by atoms with E-state index in [2.05, 4.69) is 10.3 Å². The van der Waals surface area contributed by atoms with Gasteiger partial charge in [-0.15, -0.1) is 0 Å². The second-order valence-corrected chi connectivity index (χ2v) is 2.83. The van der Waals surface area contributed by atoms with Crippen molar-refractivity contribution >= 4 is 5.97 Å². The van der Waals surface area contributed by atoms with Crippen molar-refractivity contribution in [1.29, 1.82) is 0 Å². The summed E-state index contributed by atoms with van der Waals surface area (Å²) in [7, 11) is 1.57. The second kappa shape index (κ2) is 3.56. The number of carbonyl (C=O) groups is 1. The molecule has 0 amide bonds. The Kier molecular flexibility index (Phi) is 3.36. The monoisotopic (exact) mass is 145 g/mol. The van der Waals surface area contributed by atoms with Crippen molar-refractivity contribution in [2.75, 3.05) is 7.05 Å². The van der Waals surface area contributed by atoms with Crippen molar-refractivity contribution in [2.45, 2.75) is 27.2 Å². The number of hydrogen-bond donors (Lipinski definition) is 1. The molecule has 0 aromatic heterocycles. The summed E-state index contributed by atoms with van der Waals surface area (Å²) in [5, 5.41) is 0. The Hall–Kier alpha value is -0.570. The Morgan fingerprint density at radius 1 is 1.60 bits per heavy atom. The Labute approximate surface area is 61.7 Å². The average Bonchev–Trinajstić information content (AvgIpc) is 1.89. The summed E-state index contributed by atoms with van der Waals surface area (Å²) in [6, 6.07) is 0. The third kappa shape index (κ3) is 2.35. The van der Waals surface area contributed by atoms with Crippen LogP contribution in [0.4, 0.5) is 0 Å². The van der Waals surface area contributed by atoms with E-state index in [1.807, 2.05) is 20.8 Å². The van der Waals surface area contributed by atoms with Gasteiger partial charge in [0, 0.05) is 7.05 Å². The molecular weight excluding hydrogens is 130 g/mol. The molecule has 60 valence electrons. The van der Waals surface area contributed by atoms with E-state index in [-0.39, 0.29) is 11.4 Å². The van der Waals surface area contributed by atoms with Gasteiger partial charge >= 0.3 is 5.97 Å². The van der Waals surface area contributed by atoms with Crippen LogP contribution in [0, 0.1) is 5.41 Å². The van der Waals surface area contributed by atoms with Gasteiger partial charge in [0.05, 0.1) is 5.41 Å². The molecule has 0 aliphatic carbocycles. The lowest BCUT2D eigenvalue weighted by atomic mass is 9.91. The highest BCUT2D eigenvalue weighted by atomic mass is 16.7. The van der Waals surface area contributed by atoms with Gasteiger partial charge in [0.2, 0.25) is 0 Å². The van der Waals surface area contributed by atoms with Crippen LogP contribution in [0.25, 0.3) is 0 Å². The van der Waals surface area contributed by atoms with Crippen molar-refractivity contribution < 1.29 is 9.63 Å². The van der Waals surface area contributed by atoms with E-state index in [4.69, 9.17) is 0 Å². The molecule has 0 aliphatic rings. The number of carbonyl (C=O) groups excluding carboxylic acids is 1. The zero-order valence-electron chi connectivity index (χ0n) is 7.02. The molecule has 0 rings (SSSR count). The van der Waals surface area contributed by atoms with Gasteiger partial charge in [-0.05, 0) is 20.3 Å². The van der Waals surface area contributed by atoms with Gasteiger partial charge in [0.15, 0.2) is 0 Å². The van der Waals surface area contributed by atoms with Crippen molar-refractivity contribution in [3.8, 4) is 0 Å². The number of rotatable bonds is 3. The molecule has 0 saturated carbocycles. The lowest BCUT2D eigenvalue weighted by Crippen LogP contribution is -2.29. The van der Waals surface area contributed by atoms with E-state index in [1.54, 1.807) is 7.05 Å². The molecule has 3 heteroatoms. The summed E-state index contributed by atoms with van der Waals surface area (Å²) in [4.78, 5) is 15.6. The van der Waals surface area contributed by atoms with Crippen LogP contribution in [0.2, 0.25) is 0 Å². The molecule has 10 heavy (non-hydrogen) atoms. The van der Waals surface area contributed by atoms with Crippen LogP contribution < -0.4 is 5.48 Å². The first kappa shape index (κ1) is 9.43. The lowest BCUT2D eigenvalue weighted by Gasteiger charge is -2.18. The topological polar surface area (TPSA) is 38.3 Å². The van der Waals surface area contributed by atoms with E-state index in [9.17, 15) is 4.79 Å². The second-order valence-electron chi connectivity index (χ2n) is 2.83. The quantitative estimate of drug-likeness (QED) is 0.604. The molecule has 0 bridgehead atoms. The van der Waals surface area contributed by atoms with Crippen LogP contribution >= 0.6 is 0 Å². The van der Waals surface area contributed by atoms with E-state index in [0.717, 1.165) is 6.42 Å². The maximum Gasteiger partial charge on any atom is 0.330 e. The molecule has 3 nitrogen and oxygen atoms in total. The highest BCUT2D eigenvalue weighted by molar-refractivity contribution is 5.75. The van der Waals surface area contributed by atoms with E-state index in [1.165, 1.54) is 0 Å². The highest BCUT2D eigenvalue weighted by Crippen LogP contribution is 2.20. The first-order valence-electron chi connectivity index (χ1n) is 3.42. The Bertz CT molecular complexity index is 121. The van der Waals surface area contributed by atoms with Crippen molar-refractivity contribution in [2.24, 2.45) is 5.41 Å². The number of hydroxylamine groups is 1. The normalized spacial score (nSPS) is 11.2. The zero-order chi connectivity index (χ0) is 8.20. The molecule has 0 spiro atoms. The number of nitrogens with one attached hydrogen (secondary N) is 1. The minimum Gasteiger partial charge on any atom is -0.370 e. The smallest absolute Gasteiger partial charge is 0.330 e. The minimum absolute atomic E-state index is 0.211. The highest BCUT2D eigenvalue weighted by Gasteiger charge is 2.26. The van der Waals surface area contributed by atoms with Gasteiger partial charge in [-0.3, -0.25) is 0 Å². The SMILES string of the molecule is CCC(C)(C)C(=O)ONC. The molecule has 0 atom stereocenters. The van der Waals surface area contributed by atoms with Gasteiger partial charge in [0.1, 0.15) is 0 Å². The predicted molar refractivity (Wildman–Crippen MR) is 39.2 cm³/mol. The van der Waals surface area contributed by atoms with Crippen molar-refractivity contribution in [3.63, 3.8) is 0 Å². The fourth-order valence-electron chi connectivity index (χ4n) is 0.375. The van der Waals surface area contributed by atoms with Crippen LogP contribution in [0.5, 0.6) is 0 Å². The molecule has 0 aromatic rings. The summed E-state index contributed by atoms with van der Waals surface area (Å²) in [6.45, 7) is 5.66. The third-order valence-electron chi connectivity index (χ3n) is 1.63. The van der Waals surface area contributed by atoms with Gasteiger partial charge in [0.25, 0.3) is 0 Å². The van der Waals surface area contributed by atoms with Crippen LogP contribution in [-0.2, 0) is 9.63 Å². The van der Waals surface area contributed by atoms with Gasteiger partial charge in [-0.2, -0.15) is 5.48 Å². The molecule has 1 N–H and O–H groups in total. The third-order valence-corrected chi connectivity index (χ3v) is 1.63. The Balaban J connectivity index is 3.91. The standard InChI is InChI=1S/C7H15NO2/c1-5-7(2,3)6(9)10-8-4/h8H,5H2,1-4H3. The zero-order valence-corrected chi connectivity index (χ0v) is 7.02. The largest absolute Gasteiger partial charge is 0.370 e. The van der Waals surface area contributed by atoms with E-state index < -0.39 is 0 Å². The van der Waals surface area contributed by atoms with Crippen LogP contribution in [0.15, 0.2) is 0 Å². The summed E-state index contributed by atoms with van der Waals surface area (Å²) in [5.41, 5.74) is 1.99. The Morgan fingerprint density at radius 2 is 2.10 bits per heavy atom. The molecule has 0 fully saturated rings. The minimum atomic E-state index is -0.372. The van der Waals surface area contributed by atoms with Crippen molar-refractivity contribution in [1.82, 2.24) is 5.48 Å². The first-order chi connectivity index (χ1) is 4.54. The van der Waals surface area contributed by atoms with E-state index >= 15 is 0 Å². The Morgan fingerprint density at radius 3 is 2.40 bits per heavy atom.